The zero-order valence-corrected chi connectivity index (χ0v) is 17.5. The summed E-state index contributed by atoms with van der Waals surface area (Å²) in [5, 5.41) is 4.24. The second-order valence-electron chi connectivity index (χ2n) is 7.31. The van der Waals surface area contributed by atoms with Gasteiger partial charge in [0, 0.05) is 38.8 Å². The highest BCUT2D eigenvalue weighted by Crippen LogP contribution is 2.24. The molecule has 4 rings (SSSR count). The molecule has 1 saturated heterocycles. The minimum absolute atomic E-state index is 0.102. The van der Waals surface area contributed by atoms with Gasteiger partial charge in [-0.05, 0) is 38.5 Å². The van der Waals surface area contributed by atoms with Gasteiger partial charge in [-0.2, -0.15) is 9.40 Å². The molecule has 1 aliphatic rings. The summed E-state index contributed by atoms with van der Waals surface area (Å²) in [5.74, 6) is -0.102. The lowest BCUT2D eigenvalue weighted by Crippen LogP contribution is -2.37. The molecule has 1 fully saturated rings. The van der Waals surface area contributed by atoms with Gasteiger partial charge in [-0.25, -0.2) is 13.4 Å². The van der Waals surface area contributed by atoms with Crippen LogP contribution in [0.4, 0.5) is 0 Å². The number of amides is 1. The zero-order valence-electron chi connectivity index (χ0n) is 16.7. The van der Waals surface area contributed by atoms with E-state index >= 15 is 0 Å². The van der Waals surface area contributed by atoms with E-state index in [1.165, 1.54) is 4.31 Å². The lowest BCUT2D eigenvalue weighted by atomic mass is 10.1. The molecule has 1 N–H and O–H groups in total. The van der Waals surface area contributed by atoms with E-state index in [1.807, 2.05) is 6.07 Å². The van der Waals surface area contributed by atoms with Crippen LogP contribution in [0.2, 0.25) is 0 Å². The average molecular weight is 417 g/mol. The second-order valence-corrected chi connectivity index (χ2v) is 9.18. The summed E-state index contributed by atoms with van der Waals surface area (Å²) >= 11 is 0. The molecular weight excluding hydrogens is 392 g/mol. The summed E-state index contributed by atoms with van der Waals surface area (Å²) in [6.07, 6.45) is 2.17. The standard InChI is InChI=1S/C19H24N6O3S/c1-13-18(14(2)23(3)22-13)29(27,28)25-8-4-7-24(9-10-25)19(26)15-5-6-16-17(11-15)21-12-20-16/h5-6,11-12H,4,7-10H2,1-3H3,(H,20,21). The lowest BCUT2D eigenvalue weighted by Gasteiger charge is -2.22. The van der Waals surface area contributed by atoms with Crippen LogP contribution in [-0.2, 0) is 17.1 Å². The number of hydrogen-bond acceptors (Lipinski definition) is 5. The van der Waals surface area contributed by atoms with Crippen molar-refractivity contribution in [3.8, 4) is 0 Å². The van der Waals surface area contributed by atoms with Gasteiger partial charge in [-0.3, -0.25) is 9.48 Å². The number of nitrogens with one attached hydrogen (secondary N) is 1. The first-order valence-corrected chi connectivity index (χ1v) is 11.0. The van der Waals surface area contributed by atoms with Crippen molar-refractivity contribution in [2.45, 2.75) is 25.2 Å². The van der Waals surface area contributed by atoms with Crippen LogP contribution < -0.4 is 0 Å². The number of aromatic nitrogens is 4. The number of sulfonamides is 1. The molecule has 1 aromatic carbocycles. The highest BCUT2D eigenvalue weighted by atomic mass is 32.2. The SMILES string of the molecule is Cc1nn(C)c(C)c1S(=O)(=O)N1CCCN(C(=O)c2ccc3nc[nH]c3c2)CC1. The number of H-pyrrole nitrogens is 1. The summed E-state index contributed by atoms with van der Waals surface area (Å²) in [6, 6.07) is 5.35. The molecule has 2 aromatic heterocycles. The molecule has 0 saturated carbocycles. The Hall–Kier alpha value is -2.72. The predicted octanol–water partition coefficient (Wildman–Crippen LogP) is 1.45. The number of rotatable bonds is 3. The largest absolute Gasteiger partial charge is 0.345 e. The van der Waals surface area contributed by atoms with Crippen molar-refractivity contribution in [2.75, 3.05) is 26.2 Å². The van der Waals surface area contributed by atoms with Crippen molar-refractivity contribution in [1.29, 1.82) is 0 Å². The molecule has 0 spiro atoms. The smallest absolute Gasteiger partial charge is 0.253 e. The van der Waals surface area contributed by atoms with Gasteiger partial charge in [-0.15, -0.1) is 0 Å². The Morgan fingerprint density at radius 2 is 1.93 bits per heavy atom. The Morgan fingerprint density at radius 3 is 2.66 bits per heavy atom. The fourth-order valence-electron chi connectivity index (χ4n) is 3.85. The van der Waals surface area contributed by atoms with E-state index in [4.69, 9.17) is 0 Å². The first-order valence-electron chi connectivity index (χ1n) is 9.52. The predicted molar refractivity (Wildman–Crippen MR) is 108 cm³/mol. The second kappa shape index (κ2) is 7.27. The third kappa shape index (κ3) is 3.42. The van der Waals surface area contributed by atoms with Gasteiger partial charge in [0.2, 0.25) is 10.0 Å². The Bertz CT molecular complexity index is 1180. The average Bonchev–Trinajstić information content (AvgIpc) is 3.14. The van der Waals surface area contributed by atoms with Crippen molar-refractivity contribution in [2.24, 2.45) is 7.05 Å². The van der Waals surface area contributed by atoms with Crippen molar-refractivity contribution >= 4 is 27.0 Å². The summed E-state index contributed by atoms with van der Waals surface area (Å²) < 4.78 is 29.5. The third-order valence-corrected chi connectivity index (χ3v) is 7.60. The van der Waals surface area contributed by atoms with Crippen LogP contribution in [0.25, 0.3) is 11.0 Å². The van der Waals surface area contributed by atoms with E-state index in [0.29, 0.717) is 43.0 Å². The van der Waals surface area contributed by atoms with E-state index in [2.05, 4.69) is 15.1 Å². The van der Waals surface area contributed by atoms with Crippen molar-refractivity contribution in [1.82, 2.24) is 29.0 Å². The van der Waals surface area contributed by atoms with Gasteiger partial charge in [0.25, 0.3) is 5.91 Å². The number of aryl methyl sites for hydroxylation is 2. The molecule has 0 unspecified atom stereocenters. The van der Waals surface area contributed by atoms with Crippen molar-refractivity contribution < 1.29 is 13.2 Å². The number of imidazole rings is 1. The maximum absolute atomic E-state index is 13.2. The molecule has 3 aromatic rings. The summed E-state index contributed by atoms with van der Waals surface area (Å²) in [6.45, 7) is 4.95. The number of hydrogen-bond donors (Lipinski definition) is 1. The first kappa shape index (κ1) is 19.6. The van der Waals surface area contributed by atoms with Crippen molar-refractivity contribution in [3.63, 3.8) is 0 Å². The Kier molecular flexibility index (Phi) is 4.91. The molecule has 3 heterocycles. The minimum atomic E-state index is -3.66. The maximum atomic E-state index is 13.2. The number of aromatic amines is 1. The molecule has 0 atom stereocenters. The number of nitrogens with zero attached hydrogens (tertiary/aromatic N) is 5. The molecule has 10 heteroatoms. The minimum Gasteiger partial charge on any atom is -0.345 e. The molecular formula is C19H24N6O3S. The summed E-state index contributed by atoms with van der Waals surface area (Å²) in [7, 11) is -1.93. The Labute approximate surface area is 169 Å². The van der Waals surface area contributed by atoms with Crippen LogP contribution in [-0.4, -0.2) is 69.5 Å². The highest BCUT2D eigenvalue weighted by Gasteiger charge is 2.32. The van der Waals surface area contributed by atoms with E-state index in [0.717, 1.165) is 11.0 Å². The molecule has 9 nitrogen and oxygen atoms in total. The third-order valence-electron chi connectivity index (χ3n) is 5.45. The normalized spacial score (nSPS) is 16.3. The van der Waals surface area contributed by atoms with Gasteiger partial charge in [0.1, 0.15) is 4.90 Å². The molecule has 1 amide bonds. The zero-order chi connectivity index (χ0) is 20.8. The topological polar surface area (TPSA) is 104 Å². The number of fused-ring (bicyclic) bond motifs is 1. The molecule has 0 aliphatic carbocycles. The molecule has 1 aliphatic heterocycles. The molecule has 0 radical (unpaired) electrons. The van der Waals surface area contributed by atoms with Crippen LogP contribution in [0.3, 0.4) is 0 Å². The number of carbonyl (C=O) groups excluding carboxylic acids is 1. The van der Waals surface area contributed by atoms with Crippen LogP contribution in [0.15, 0.2) is 29.4 Å². The fourth-order valence-corrected chi connectivity index (χ4v) is 5.71. The summed E-state index contributed by atoms with van der Waals surface area (Å²) in [4.78, 5) is 22.1. The highest BCUT2D eigenvalue weighted by molar-refractivity contribution is 7.89. The van der Waals surface area contributed by atoms with Crippen molar-refractivity contribution in [3.05, 3.63) is 41.5 Å². The van der Waals surface area contributed by atoms with Crippen LogP contribution in [0, 0.1) is 13.8 Å². The van der Waals surface area contributed by atoms with Gasteiger partial charge >= 0.3 is 0 Å². The van der Waals surface area contributed by atoms with E-state index in [9.17, 15) is 13.2 Å². The van der Waals surface area contributed by atoms with E-state index in [1.54, 1.807) is 48.9 Å². The molecule has 154 valence electrons. The molecule has 0 bridgehead atoms. The van der Waals surface area contributed by atoms with Gasteiger partial charge < -0.3 is 9.88 Å². The Morgan fingerprint density at radius 1 is 1.14 bits per heavy atom. The van der Waals surface area contributed by atoms with E-state index < -0.39 is 10.0 Å². The fraction of sp³-hybridized carbons (Fsp3) is 0.421. The molecule has 29 heavy (non-hydrogen) atoms. The summed E-state index contributed by atoms with van der Waals surface area (Å²) in [5.41, 5.74) is 3.29. The van der Waals surface area contributed by atoms with Crippen LogP contribution >= 0.6 is 0 Å². The maximum Gasteiger partial charge on any atom is 0.253 e. The number of benzene rings is 1. The first-order chi connectivity index (χ1) is 13.8. The van der Waals surface area contributed by atoms with Crippen LogP contribution in [0.5, 0.6) is 0 Å². The lowest BCUT2D eigenvalue weighted by molar-refractivity contribution is 0.0764. The van der Waals surface area contributed by atoms with E-state index in [-0.39, 0.29) is 17.3 Å². The van der Waals surface area contributed by atoms with Gasteiger partial charge in [0.15, 0.2) is 0 Å². The van der Waals surface area contributed by atoms with Gasteiger partial charge in [0.05, 0.1) is 28.7 Å². The van der Waals surface area contributed by atoms with Gasteiger partial charge in [-0.1, -0.05) is 0 Å². The Balaban J connectivity index is 1.53. The quantitative estimate of drug-likeness (QED) is 0.696. The number of carbonyl (C=O) groups is 1. The van der Waals surface area contributed by atoms with Crippen LogP contribution in [0.1, 0.15) is 28.2 Å². The monoisotopic (exact) mass is 416 g/mol.